The number of nitrogens with one attached hydrogen (secondary N) is 2. The molecule has 0 aliphatic rings. The average Bonchev–Trinajstić information content (AvgIpc) is 3.09. The lowest BCUT2D eigenvalue weighted by molar-refractivity contribution is -0.113. The second kappa shape index (κ2) is 9.98. The van der Waals surface area contributed by atoms with Crippen molar-refractivity contribution in [3.05, 3.63) is 70.0 Å². The molecule has 0 saturated heterocycles. The molecule has 3 aromatic rings. The molecular formula is C22H24ClN5O2S. The van der Waals surface area contributed by atoms with Gasteiger partial charge in [0.1, 0.15) is 0 Å². The van der Waals surface area contributed by atoms with Gasteiger partial charge in [0, 0.05) is 23.3 Å². The van der Waals surface area contributed by atoms with Gasteiger partial charge in [-0.3, -0.25) is 9.59 Å². The summed E-state index contributed by atoms with van der Waals surface area (Å²) in [5, 5.41) is 15.4. The van der Waals surface area contributed by atoms with Gasteiger partial charge in [-0.1, -0.05) is 41.1 Å². The fraction of sp³-hybridized carbons (Fsp3) is 0.273. The molecule has 1 atom stereocenters. The van der Waals surface area contributed by atoms with Crippen LogP contribution in [0, 0.1) is 13.8 Å². The minimum atomic E-state index is -0.341. The summed E-state index contributed by atoms with van der Waals surface area (Å²) in [4.78, 5) is 24.8. The molecule has 1 heterocycles. The van der Waals surface area contributed by atoms with Gasteiger partial charge in [-0.2, -0.15) is 0 Å². The summed E-state index contributed by atoms with van der Waals surface area (Å²) in [5.74, 6) is 0.457. The van der Waals surface area contributed by atoms with Crippen molar-refractivity contribution >= 4 is 40.9 Å². The lowest BCUT2D eigenvalue weighted by Crippen LogP contribution is -2.28. The topological polar surface area (TPSA) is 88.9 Å². The Morgan fingerprint density at radius 1 is 1.13 bits per heavy atom. The van der Waals surface area contributed by atoms with Crippen molar-refractivity contribution in [1.82, 2.24) is 20.1 Å². The molecule has 0 bridgehead atoms. The summed E-state index contributed by atoms with van der Waals surface area (Å²) in [7, 11) is 1.81. The minimum absolute atomic E-state index is 0.152. The summed E-state index contributed by atoms with van der Waals surface area (Å²) in [6.45, 7) is 5.70. The van der Waals surface area contributed by atoms with Gasteiger partial charge in [-0.15, -0.1) is 10.2 Å². The Hall–Kier alpha value is -2.84. The van der Waals surface area contributed by atoms with Crippen molar-refractivity contribution in [1.29, 1.82) is 0 Å². The zero-order valence-corrected chi connectivity index (χ0v) is 19.3. The van der Waals surface area contributed by atoms with Crippen LogP contribution < -0.4 is 10.6 Å². The molecule has 2 amide bonds. The zero-order chi connectivity index (χ0) is 22.5. The van der Waals surface area contributed by atoms with Crippen LogP contribution in [0.2, 0.25) is 5.02 Å². The standard InChI is InChI=1S/C22H24ClN5O2S/c1-13-5-7-16(8-6-13)21(30)24-15(3)20-26-27-22(28(20)4)31-12-19(29)25-18-10-9-17(23)11-14(18)2/h5-11,15H,12H2,1-4H3,(H,24,30)(H,25,29)/t15-/m1/s1. The molecule has 0 spiro atoms. The smallest absolute Gasteiger partial charge is 0.251 e. The molecule has 1 aromatic heterocycles. The van der Waals surface area contributed by atoms with Crippen molar-refractivity contribution in [3.63, 3.8) is 0 Å². The van der Waals surface area contributed by atoms with Crippen LogP contribution >= 0.6 is 23.4 Å². The number of hydrogen-bond acceptors (Lipinski definition) is 5. The monoisotopic (exact) mass is 457 g/mol. The molecule has 2 aromatic carbocycles. The molecule has 0 unspecified atom stereocenters. The predicted octanol–water partition coefficient (Wildman–Crippen LogP) is 4.31. The maximum atomic E-state index is 12.5. The first-order chi connectivity index (χ1) is 14.7. The number of carbonyl (C=O) groups excluding carboxylic acids is 2. The van der Waals surface area contributed by atoms with Crippen LogP contribution in [0.1, 0.15) is 40.3 Å². The first-order valence-corrected chi connectivity index (χ1v) is 11.1. The lowest BCUT2D eigenvalue weighted by Gasteiger charge is -2.14. The maximum Gasteiger partial charge on any atom is 0.251 e. The normalized spacial score (nSPS) is 11.8. The number of aryl methyl sites for hydroxylation is 2. The van der Waals surface area contributed by atoms with Gasteiger partial charge in [0.2, 0.25) is 5.91 Å². The Bertz CT molecular complexity index is 1100. The summed E-state index contributed by atoms with van der Waals surface area (Å²) in [6, 6.07) is 12.3. The average molecular weight is 458 g/mol. The molecule has 2 N–H and O–H groups in total. The zero-order valence-electron chi connectivity index (χ0n) is 17.8. The number of carbonyl (C=O) groups is 2. The quantitative estimate of drug-likeness (QED) is 0.516. The molecule has 0 radical (unpaired) electrons. The molecule has 0 aliphatic carbocycles. The number of halogens is 1. The number of anilines is 1. The van der Waals surface area contributed by atoms with Gasteiger partial charge in [-0.25, -0.2) is 0 Å². The van der Waals surface area contributed by atoms with Crippen LogP contribution in [0.5, 0.6) is 0 Å². The molecular weight excluding hydrogens is 434 g/mol. The Labute approximate surface area is 190 Å². The Morgan fingerprint density at radius 2 is 1.84 bits per heavy atom. The van der Waals surface area contributed by atoms with E-state index in [2.05, 4.69) is 20.8 Å². The van der Waals surface area contributed by atoms with Gasteiger partial charge < -0.3 is 15.2 Å². The molecule has 3 rings (SSSR count). The van der Waals surface area contributed by atoms with Crippen molar-refractivity contribution in [3.8, 4) is 0 Å². The highest BCUT2D eigenvalue weighted by Crippen LogP contribution is 2.22. The van der Waals surface area contributed by atoms with Gasteiger partial charge >= 0.3 is 0 Å². The fourth-order valence-electron chi connectivity index (χ4n) is 2.96. The highest BCUT2D eigenvalue weighted by atomic mass is 35.5. The van der Waals surface area contributed by atoms with Crippen molar-refractivity contribution in [2.75, 3.05) is 11.1 Å². The van der Waals surface area contributed by atoms with E-state index in [-0.39, 0.29) is 23.6 Å². The van der Waals surface area contributed by atoms with Crippen molar-refractivity contribution in [2.45, 2.75) is 32.0 Å². The minimum Gasteiger partial charge on any atom is -0.342 e. The Balaban J connectivity index is 1.58. The molecule has 0 aliphatic heterocycles. The van der Waals surface area contributed by atoms with Crippen LogP contribution in [0.25, 0.3) is 0 Å². The van der Waals surface area contributed by atoms with Crippen LogP contribution in [0.15, 0.2) is 47.6 Å². The summed E-state index contributed by atoms with van der Waals surface area (Å²) in [6.07, 6.45) is 0. The maximum absolute atomic E-state index is 12.5. The van der Waals surface area contributed by atoms with Gasteiger partial charge in [-0.05, 0) is 56.7 Å². The second-order valence-corrected chi connectivity index (χ2v) is 8.64. The van der Waals surface area contributed by atoms with E-state index in [0.717, 1.165) is 16.8 Å². The van der Waals surface area contributed by atoms with Crippen molar-refractivity contribution < 1.29 is 9.59 Å². The van der Waals surface area contributed by atoms with Crippen LogP contribution in [-0.2, 0) is 11.8 Å². The van der Waals surface area contributed by atoms with Crippen LogP contribution in [0.4, 0.5) is 5.69 Å². The van der Waals surface area contributed by atoms with E-state index >= 15 is 0 Å². The van der Waals surface area contributed by atoms with Crippen LogP contribution in [0.3, 0.4) is 0 Å². The summed E-state index contributed by atoms with van der Waals surface area (Å²) in [5.41, 5.74) is 3.30. The van der Waals surface area contributed by atoms with E-state index in [1.165, 1.54) is 11.8 Å². The third-order valence-electron chi connectivity index (χ3n) is 4.71. The molecule has 9 heteroatoms. The van der Waals surface area contributed by atoms with E-state index in [9.17, 15) is 9.59 Å². The lowest BCUT2D eigenvalue weighted by atomic mass is 10.1. The van der Waals surface area contributed by atoms with Gasteiger partial charge in [0.25, 0.3) is 5.91 Å². The highest BCUT2D eigenvalue weighted by molar-refractivity contribution is 7.99. The van der Waals surface area contributed by atoms with Gasteiger partial charge in [0.15, 0.2) is 11.0 Å². The number of thioether (sulfide) groups is 1. The van der Waals surface area contributed by atoms with E-state index in [1.807, 2.05) is 40.0 Å². The largest absolute Gasteiger partial charge is 0.342 e. The Morgan fingerprint density at radius 3 is 2.52 bits per heavy atom. The van der Waals surface area contributed by atoms with E-state index in [4.69, 9.17) is 11.6 Å². The molecule has 31 heavy (non-hydrogen) atoms. The summed E-state index contributed by atoms with van der Waals surface area (Å²) < 4.78 is 1.78. The molecule has 7 nitrogen and oxygen atoms in total. The van der Waals surface area contributed by atoms with Crippen molar-refractivity contribution in [2.24, 2.45) is 7.05 Å². The summed E-state index contributed by atoms with van der Waals surface area (Å²) >= 11 is 7.23. The first-order valence-electron chi connectivity index (χ1n) is 9.70. The fourth-order valence-corrected chi connectivity index (χ4v) is 3.91. The van der Waals surface area contributed by atoms with Gasteiger partial charge in [0.05, 0.1) is 11.8 Å². The Kier molecular flexibility index (Phi) is 7.35. The van der Waals surface area contributed by atoms with Crippen LogP contribution in [-0.4, -0.2) is 32.3 Å². The predicted molar refractivity (Wildman–Crippen MR) is 124 cm³/mol. The number of aromatic nitrogens is 3. The number of rotatable bonds is 7. The number of nitrogens with zero attached hydrogens (tertiary/aromatic N) is 3. The SMILES string of the molecule is Cc1ccc(C(=O)N[C@H](C)c2nnc(SCC(=O)Nc3ccc(Cl)cc3C)n2C)cc1. The van der Waals surface area contributed by atoms with E-state index < -0.39 is 0 Å². The molecule has 0 fully saturated rings. The number of benzene rings is 2. The molecule has 162 valence electrons. The third-order valence-corrected chi connectivity index (χ3v) is 5.97. The van der Waals surface area contributed by atoms with E-state index in [0.29, 0.717) is 21.6 Å². The third kappa shape index (κ3) is 5.86. The van der Waals surface area contributed by atoms with E-state index in [1.54, 1.807) is 34.9 Å². The number of amides is 2. The first kappa shape index (κ1) is 22.8. The second-order valence-electron chi connectivity index (χ2n) is 7.26. The number of hydrogen-bond donors (Lipinski definition) is 2. The molecule has 0 saturated carbocycles. The highest BCUT2D eigenvalue weighted by Gasteiger charge is 2.19.